The molecule has 1 heteroatoms. The monoisotopic (exact) mass is 384 g/mol. The van der Waals surface area contributed by atoms with Gasteiger partial charge < -0.3 is 0 Å². The Morgan fingerprint density at radius 3 is 2.19 bits per heavy atom. The first-order chi connectivity index (χ1) is 13.3. The first-order valence-electron chi connectivity index (χ1n) is 11.7. The Kier molecular flexibility index (Phi) is 8.84. The third-order valence-electron chi connectivity index (χ3n) is 7.21. The van der Waals surface area contributed by atoms with E-state index in [4.69, 9.17) is 0 Å². The zero-order valence-corrected chi connectivity index (χ0v) is 18.4. The zero-order chi connectivity index (χ0) is 18.9. The van der Waals surface area contributed by atoms with Crippen LogP contribution in [-0.4, -0.2) is 0 Å². The molecule has 2 aliphatic carbocycles. The summed E-state index contributed by atoms with van der Waals surface area (Å²) in [5.74, 6) is 3.00. The molecule has 0 nitrogen and oxygen atoms in total. The van der Waals surface area contributed by atoms with Gasteiger partial charge >= 0.3 is 0 Å². The Labute approximate surface area is 173 Å². The van der Waals surface area contributed by atoms with Crippen molar-refractivity contribution in [2.24, 2.45) is 17.8 Å². The summed E-state index contributed by atoms with van der Waals surface area (Å²) >= 11 is 4.41. The standard InChI is InChI=1S/C26H40S/c1-2-3-4-5-6-7-8-21-9-11-22(12-10-21)23-13-15-24(16-14-23)25-17-19-26(27)20-18-25/h15,17-23,27H,2-14,16H2,1H3. The molecule has 1 saturated carbocycles. The Morgan fingerprint density at radius 2 is 1.52 bits per heavy atom. The van der Waals surface area contributed by atoms with E-state index in [9.17, 15) is 0 Å². The summed E-state index contributed by atoms with van der Waals surface area (Å²) in [6.07, 6.45) is 22.8. The summed E-state index contributed by atoms with van der Waals surface area (Å²) in [5.41, 5.74) is 2.98. The van der Waals surface area contributed by atoms with Crippen LogP contribution in [0.15, 0.2) is 35.2 Å². The third kappa shape index (κ3) is 6.70. The van der Waals surface area contributed by atoms with Crippen molar-refractivity contribution in [3.8, 4) is 0 Å². The van der Waals surface area contributed by atoms with Gasteiger partial charge in [0.05, 0.1) is 0 Å². The number of allylic oxidation sites excluding steroid dienone is 2. The highest BCUT2D eigenvalue weighted by Crippen LogP contribution is 2.42. The molecule has 2 aliphatic rings. The van der Waals surface area contributed by atoms with Gasteiger partial charge in [-0.3, -0.25) is 0 Å². The van der Waals surface area contributed by atoms with E-state index >= 15 is 0 Å². The van der Waals surface area contributed by atoms with Gasteiger partial charge in [0.2, 0.25) is 0 Å². The molecule has 1 unspecified atom stereocenters. The molecule has 0 aliphatic heterocycles. The van der Waals surface area contributed by atoms with Crippen molar-refractivity contribution < 1.29 is 0 Å². The average Bonchev–Trinajstić information content (AvgIpc) is 2.72. The maximum absolute atomic E-state index is 4.41. The van der Waals surface area contributed by atoms with Crippen molar-refractivity contribution in [3.05, 3.63) is 35.9 Å². The SMILES string of the molecule is CCCCCCCCC1CCC(C2CC=C(c3ccc(S)cc3)CC2)CC1. The van der Waals surface area contributed by atoms with Crippen molar-refractivity contribution >= 4 is 18.2 Å². The molecular weight excluding hydrogens is 344 g/mol. The van der Waals surface area contributed by atoms with Gasteiger partial charge in [0.1, 0.15) is 0 Å². The van der Waals surface area contributed by atoms with Gasteiger partial charge in [0.25, 0.3) is 0 Å². The molecule has 1 aromatic rings. The van der Waals surface area contributed by atoms with Crippen LogP contribution in [-0.2, 0) is 0 Å². The lowest BCUT2D eigenvalue weighted by Gasteiger charge is -2.35. The lowest BCUT2D eigenvalue weighted by Crippen LogP contribution is -2.23. The zero-order valence-electron chi connectivity index (χ0n) is 17.5. The number of hydrogen-bond acceptors (Lipinski definition) is 1. The fraction of sp³-hybridized carbons (Fsp3) is 0.692. The van der Waals surface area contributed by atoms with E-state index in [-0.39, 0.29) is 0 Å². The molecule has 0 amide bonds. The summed E-state index contributed by atoms with van der Waals surface area (Å²) in [4.78, 5) is 1.06. The highest BCUT2D eigenvalue weighted by molar-refractivity contribution is 7.80. The van der Waals surface area contributed by atoms with E-state index in [0.717, 1.165) is 22.6 Å². The van der Waals surface area contributed by atoms with E-state index in [2.05, 4.69) is 49.9 Å². The van der Waals surface area contributed by atoms with Crippen LogP contribution in [0.1, 0.15) is 102 Å². The van der Waals surface area contributed by atoms with E-state index in [1.165, 1.54) is 95.5 Å². The highest BCUT2D eigenvalue weighted by atomic mass is 32.1. The molecule has 150 valence electrons. The predicted octanol–water partition coefficient (Wildman–Crippen LogP) is 8.72. The minimum atomic E-state index is 0.952. The summed E-state index contributed by atoms with van der Waals surface area (Å²) in [6.45, 7) is 2.31. The molecule has 0 radical (unpaired) electrons. The van der Waals surface area contributed by atoms with Crippen molar-refractivity contribution in [2.75, 3.05) is 0 Å². The molecule has 0 heterocycles. The van der Waals surface area contributed by atoms with Crippen molar-refractivity contribution in [3.63, 3.8) is 0 Å². The van der Waals surface area contributed by atoms with Crippen LogP contribution < -0.4 is 0 Å². The molecule has 0 spiro atoms. The van der Waals surface area contributed by atoms with Crippen LogP contribution in [0.2, 0.25) is 0 Å². The normalized spacial score (nSPS) is 26.0. The van der Waals surface area contributed by atoms with Crippen molar-refractivity contribution in [2.45, 2.75) is 102 Å². The second-order valence-corrected chi connectivity index (χ2v) is 9.66. The van der Waals surface area contributed by atoms with Gasteiger partial charge in [-0.25, -0.2) is 0 Å². The van der Waals surface area contributed by atoms with Gasteiger partial charge in [-0.15, -0.1) is 12.6 Å². The molecule has 0 saturated heterocycles. The number of thiol groups is 1. The predicted molar refractivity (Wildman–Crippen MR) is 122 cm³/mol. The quantitative estimate of drug-likeness (QED) is 0.319. The van der Waals surface area contributed by atoms with Crippen LogP contribution in [0.25, 0.3) is 5.57 Å². The van der Waals surface area contributed by atoms with E-state index in [1.54, 1.807) is 5.57 Å². The summed E-state index contributed by atoms with van der Waals surface area (Å²) < 4.78 is 0. The molecule has 0 N–H and O–H groups in total. The smallest absolute Gasteiger partial charge is 0.00403 e. The average molecular weight is 385 g/mol. The van der Waals surface area contributed by atoms with Crippen LogP contribution in [0.3, 0.4) is 0 Å². The van der Waals surface area contributed by atoms with Crippen LogP contribution in [0.4, 0.5) is 0 Å². The second kappa shape index (κ2) is 11.3. The fourth-order valence-corrected chi connectivity index (χ4v) is 5.53. The Balaban J connectivity index is 1.35. The Bertz CT molecular complexity index is 562. The minimum absolute atomic E-state index is 0.952. The highest BCUT2D eigenvalue weighted by Gasteiger charge is 2.28. The van der Waals surface area contributed by atoms with Gasteiger partial charge in [0.15, 0.2) is 0 Å². The van der Waals surface area contributed by atoms with Gasteiger partial charge in [-0.1, -0.05) is 82.9 Å². The van der Waals surface area contributed by atoms with Crippen molar-refractivity contribution in [1.29, 1.82) is 0 Å². The van der Waals surface area contributed by atoms with E-state index in [1.807, 2.05) is 0 Å². The van der Waals surface area contributed by atoms with Crippen LogP contribution in [0.5, 0.6) is 0 Å². The summed E-state index contributed by atoms with van der Waals surface area (Å²) in [5, 5.41) is 0. The number of benzene rings is 1. The molecule has 27 heavy (non-hydrogen) atoms. The molecule has 1 fully saturated rings. The Hall–Kier alpha value is -0.690. The van der Waals surface area contributed by atoms with Crippen LogP contribution in [0, 0.1) is 17.8 Å². The van der Waals surface area contributed by atoms with E-state index < -0.39 is 0 Å². The fourth-order valence-electron chi connectivity index (χ4n) is 5.38. The first kappa shape index (κ1) is 21.0. The third-order valence-corrected chi connectivity index (χ3v) is 7.51. The topological polar surface area (TPSA) is 0 Å². The summed E-state index contributed by atoms with van der Waals surface area (Å²) in [6, 6.07) is 8.72. The maximum Gasteiger partial charge on any atom is 0.00403 e. The first-order valence-corrected chi connectivity index (χ1v) is 12.2. The lowest BCUT2D eigenvalue weighted by molar-refractivity contribution is 0.187. The summed E-state index contributed by atoms with van der Waals surface area (Å²) in [7, 11) is 0. The lowest BCUT2D eigenvalue weighted by atomic mass is 9.70. The van der Waals surface area contributed by atoms with E-state index in [0.29, 0.717) is 0 Å². The molecule has 3 rings (SSSR count). The molecular formula is C26H40S. The van der Waals surface area contributed by atoms with Gasteiger partial charge in [-0.05, 0) is 73.1 Å². The molecule has 0 bridgehead atoms. The Morgan fingerprint density at radius 1 is 0.815 bits per heavy atom. The minimum Gasteiger partial charge on any atom is -0.143 e. The maximum atomic E-state index is 4.41. The number of hydrogen-bond donors (Lipinski definition) is 1. The van der Waals surface area contributed by atoms with Gasteiger partial charge in [-0.2, -0.15) is 0 Å². The second-order valence-electron chi connectivity index (χ2n) is 9.15. The van der Waals surface area contributed by atoms with Gasteiger partial charge in [0, 0.05) is 4.90 Å². The molecule has 1 atom stereocenters. The molecule has 0 aromatic heterocycles. The molecule has 1 aromatic carbocycles. The number of unbranched alkanes of at least 4 members (excludes halogenated alkanes) is 5. The van der Waals surface area contributed by atoms with Crippen molar-refractivity contribution in [1.82, 2.24) is 0 Å². The number of rotatable bonds is 9. The largest absolute Gasteiger partial charge is 0.143 e. The van der Waals surface area contributed by atoms with Crippen LogP contribution >= 0.6 is 12.6 Å².